The summed E-state index contributed by atoms with van der Waals surface area (Å²) in [4.78, 5) is 15.2. The van der Waals surface area contributed by atoms with Gasteiger partial charge in [0.15, 0.2) is 0 Å². The number of carbonyl (C=O) groups excluding carboxylic acids is 1. The van der Waals surface area contributed by atoms with Crippen molar-refractivity contribution < 1.29 is 4.79 Å². The van der Waals surface area contributed by atoms with Gasteiger partial charge in [-0.15, -0.1) is 0 Å². The van der Waals surface area contributed by atoms with Crippen LogP contribution in [0.1, 0.15) is 53.6 Å². The SMILES string of the molecule is CN1[C@@H]2CC[C@H]1CC(NC(=O)c1cccc3c1CCC3)C2. The minimum absolute atomic E-state index is 0.155. The molecule has 3 nitrogen and oxygen atoms in total. The Morgan fingerprint density at radius 1 is 1.19 bits per heavy atom. The van der Waals surface area contributed by atoms with Gasteiger partial charge in [-0.25, -0.2) is 0 Å². The molecule has 0 aromatic heterocycles. The van der Waals surface area contributed by atoms with Crippen molar-refractivity contribution in [1.82, 2.24) is 10.2 Å². The maximum absolute atomic E-state index is 12.7. The maximum Gasteiger partial charge on any atom is 0.251 e. The third-order valence-electron chi connectivity index (χ3n) is 5.82. The minimum atomic E-state index is 0.155. The van der Waals surface area contributed by atoms with Crippen LogP contribution in [0.25, 0.3) is 0 Å². The summed E-state index contributed by atoms with van der Waals surface area (Å²) in [6, 6.07) is 7.93. The molecule has 2 saturated heterocycles. The van der Waals surface area contributed by atoms with Gasteiger partial charge in [0.05, 0.1) is 0 Å². The van der Waals surface area contributed by atoms with Crippen molar-refractivity contribution in [2.45, 2.75) is 63.1 Å². The van der Waals surface area contributed by atoms with Gasteiger partial charge in [-0.3, -0.25) is 4.79 Å². The fraction of sp³-hybridized carbons (Fsp3) is 0.611. The number of rotatable bonds is 2. The van der Waals surface area contributed by atoms with Gasteiger partial charge in [0.25, 0.3) is 5.91 Å². The van der Waals surface area contributed by atoms with E-state index in [2.05, 4.69) is 23.3 Å². The summed E-state index contributed by atoms with van der Waals surface area (Å²) in [5.74, 6) is 0.155. The van der Waals surface area contributed by atoms with Gasteiger partial charge >= 0.3 is 0 Å². The fourth-order valence-electron chi connectivity index (χ4n) is 4.62. The lowest BCUT2D eigenvalue weighted by molar-refractivity contribution is 0.0881. The number of piperidine rings is 1. The number of carbonyl (C=O) groups is 1. The quantitative estimate of drug-likeness (QED) is 0.905. The normalized spacial score (nSPS) is 31.2. The van der Waals surface area contributed by atoms with E-state index in [1.807, 2.05) is 12.1 Å². The molecule has 3 atom stereocenters. The Morgan fingerprint density at radius 2 is 1.95 bits per heavy atom. The van der Waals surface area contributed by atoms with Crippen LogP contribution in [0.3, 0.4) is 0 Å². The molecule has 1 aromatic carbocycles. The van der Waals surface area contributed by atoms with E-state index in [9.17, 15) is 4.79 Å². The van der Waals surface area contributed by atoms with Gasteiger partial charge in [-0.05, 0) is 69.2 Å². The van der Waals surface area contributed by atoms with Crippen LogP contribution < -0.4 is 5.32 Å². The molecule has 0 saturated carbocycles. The van der Waals surface area contributed by atoms with Crippen molar-refractivity contribution in [3.8, 4) is 0 Å². The summed E-state index contributed by atoms with van der Waals surface area (Å²) >= 11 is 0. The summed E-state index contributed by atoms with van der Waals surface area (Å²) in [7, 11) is 2.24. The Kier molecular flexibility index (Phi) is 3.26. The monoisotopic (exact) mass is 284 g/mol. The lowest BCUT2D eigenvalue weighted by Gasteiger charge is -2.36. The maximum atomic E-state index is 12.7. The number of hydrogen-bond acceptors (Lipinski definition) is 2. The number of aryl methyl sites for hydroxylation is 1. The van der Waals surface area contributed by atoms with E-state index in [1.54, 1.807) is 0 Å². The Bertz CT molecular complexity index is 554. The smallest absolute Gasteiger partial charge is 0.251 e. The van der Waals surface area contributed by atoms with Crippen LogP contribution in [0.4, 0.5) is 0 Å². The number of nitrogens with zero attached hydrogens (tertiary/aromatic N) is 1. The summed E-state index contributed by atoms with van der Waals surface area (Å²) in [5.41, 5.74) is 3.60. The molecule has 2 aliphatic heterocycles. The zero-order valence-corrected chi connectivity index (χ0v) is 12.8. The van der Waals surface area contributed by atoms with E-state index in [0.29, 0.717) is 18.1 Å². The number of amides is 1. The molecule has 1 aliphatic carbocycles. The van der Waals surface area contributed by atoms with E-state index in [4.69, 9.17) is 0 Å². The first kappa shape index (κ1) is 13.3. The molecule has 1 N–H and O–H groups in total. The second-order valence-electron chi connectivity index (χ2n) is 6.99. The molecule has 1 unspecified atom stereocenters. The first-order chi connectivity index (χ1) is 10.2. The third-order valence-corrected chi connectivity index (χ3v) is 5.82. The molecule has 3 aliphatic rings. The molecule has 1 aromatic rings. The molecular formula is C18H24N2O. The highest BCUT2D eigenvalue weighted by molar-refractivity contribution is 5.96. The Labute approximate surface area is 126 Å². The highest BCUT2D eigenvalue weighted by Gasteiger charge is 2.39. The molecule has 4 rings (SSSR count). The van der Waals surface area contributed by atoms with Crippen molar-refractivity contribution in [2.24, 2.45) is 0 Å². The van der Waals surface area contributed by atoms with Crippen LogP contribution in [-0.4, -0.2) is 36.0 Å². The molecule has 0 radical (unpaired) electrons. The molecule has 2 fully saturated rings. The topological polar surface area (TPSA) is 32.3 Å². The summed E-state index contributed by atoms with van der Waals surface area (Å²) < 4.78 is 0. The van der Waals surface area contributed by atoms with Gasteiger partial charge in [-0.2, -0.15) is 0 Å². The number of hydrogen-bond donors (Lipinski definition) is 1. The van der Waals surface area contributed by atoms with Crippen molar-refractivity contribution >= 4 is 5.91 Å². The number of fused-ring (bicyclic) bond motifs is 3. The Morgan fingerprint density at radius 3 is 2.71 bits per heavy atom. The van der Waals surface area contributed by atoms with Crippen molar-refractivity contribution in [3.05, 3.63) is 34.9 Å². The minimum Gasteiger partial charge on any atom is -0.349 e. The van der Waals surface area contributed by atoms with Gasteiger partial charge < -0.3 is 10.2 Å². The van der Waals surface area contributed by atoms with Crippen LogP contribution in [-0.2, 0) is 12.8 Å². The number of nitrogens with one attached hydrogen (secondary N) is 1. The predicted octanol–water partition coefficient (Wildman–Crippen LogP) is 2.53. The average Bonchev–Trinajstić information content (AvgIpc) is 3.01. The molecule has 3 heteroatoms. The van der Waals surface area contributed by atoms with Crippen LogP contribution >= 0.6 is 0 Å². The molecule has 1 amide bonds. The Hall–Kier alpha value is -1.35. The van der Waals surface area contributed by atoms with Gasteiger partial charge in [0.1, 0.15) is 0 Å². The largest absolute Gasteiger partial charge is 0.349 e. The molecule has 112 valence electrons. The lowest BCUT2D eigenvalue weighted by atomic mass is 9.96. The average molecular weight is 284 g/mol. The summed E-state index contributed by atoms with van der Waals surface area (Å²) in [6.45, 7) is 0. The lowest BCUT2D eigenvalue weighted by Crippen LogP contribution is -2.48. The van der Waals surface area contributed by atoms with Crippen molar-refractivity contribution in [1.29, 1.82) is 0 Å². The van der Waals surface area contributed by atoms with E-state index >= 15 is 0 Å². The van der Waals surface area contributed by atoms with Gasteiger partial charge in [-0.1, -0.05) is 12.1 Å². The first-order valence-corrected chi connectivity index (χ1v) is 8.36. The Balaban J connectivity index is 1.49. The van der Waals surface area contributed by atoms with Gasteiger partial charge in [0, 0.05) is 23.7 Å². The van der Waals surface area contributed by atoms with Crippen molar-refractivity contribution in [2.75, 3.05) is 7.05 Å². The zero-order chi connectivity index (χ0) is 14.4. The second kappa shape index (κ2) is 5.13. The number of benzene rings is 1. The van der Waals surface area contributed by atoms with Crippen LogP contribution in [0.2, 0.25) is 0 Å². The van der Waals surface area contributed by atoms with Crippen LogP contribution in [0.15, 0.2) is 18.2 Å². The first-order valence-electron chi connectivity index (χ1n) is 8.36. The molecule has 2 bridgehead atoms. The van der Waals surface area contributed by atoms with E-state index in [0.717, 1.165) is 31.2 Å². The predicted molar refractivity (Wildman–Crippen MR) is 83.5 cm³/mol. The molecule has 21 heavy (non-hydrogen) atoms. The van der Waals surface area contributed by atoms with E-state index < -0.39 is 0 Å². The second-order valence-corrected chi connectivity index (χ2v) is 6.99. The van der Waals surface area contributed by atoms with E-state index in [-0.39, 0.29) is 5.91 Å². The van der Waals surface area contributed by atoms with Crippen LogP contribution in [0.5, 0.6) is 0 Å². The summed E-state index contributed by atoms with van der Waals surface area (Å²) in [5, 5.41) is 3.32. The third kappa shape index (κ3) is 2.28. The van der Waals surface area contributed by atoms with Crippen molar-refractivity contribution in [3.63, 3.8) is 0 Å². The molecule has 0 spiro atoms. The molecule has 2 heterocycles. The van der Waals surface area contributed by atoms with Gasteiger partial charge in [0.2, 0.25) is 0 Å². The molecular weight excluding hydrogens is 260 g/mol. The standard InChI is InChI=1S/C18H24N2O/c1-20-14-8-9-15(20)11-13(10-14)19-18(21)17-7-3-5-12-4-2-6-16(12)17/h3,5,7,13-15H,2,4,6,8-11H2,1H3,(H,19,21)/t13?,14-,15+. The van der Waals surface area contributed by atoms with E-state index in [1.165, 1.54) is 30.4 Å². The highest BCUT2D eigenvalue weighted by atomic mass is 16.1. The zero-order valence-electron chi connectivity index (χ0n) is 12.8. The highest BCUT2D eigenvalue weighted by Crippen LogP contribution is 2.34. The fourth-order valence-corrected chi connectivity index (χ4v) is 4.62. The van der Waals surface area contributed by atoms with Crippen LogP contribution in [0, 0.1) is 0 Å². The summed E-state index contributed by atoms with van der Waals surface area (Å²) in [6.07, 6.45) is 8.23.